The van der Waals surface area contributed by atoms with Crippen molar-refractivity contribution in [1.29, 1.82) is 0 Å². The first-order valence-electron chi connectivity index (χ1n) is 6.49. The van der Waals surface area contributed by atoms with Crippen molar-refractivity contribution in [2.45, 2.75) is 13.8 Å². The van der Waals surface area contributed by atoms with Gasteiger partial charge in [-0.3, -0.25) is 9.59 Å². The minimum Gasteiger partial charge on any atom is -0.342 e. The molecule has 0 aliphatic rings. The molecule has 0 saturated carbocycles. The molecule has 116 valence electrons. The number of nitrogens with zero attached hydrogens (tertiary/aromatic N) is 2. The molecule has 2 amide bonds. The average molecular weight is 363 g/mol. The van der Waals surface area contributed by atoms with Gasteiger partial charge in [-0.2, -0.15) is 0 Å². The molecule has 0 heterocycles. The Labute approximate surface area is 130 Å². The van der Waals surface area contributed by atoms with Gasteiger partial charge in [-0.1, -0.05) is 15.9 Å². The number of benzene rings is 1. The van der Waals surface area contributed by atoms with Crippen LogP contribution in [0.4, 0.5) is 8.78 Å². The predicted octanol–water partition coefficient (Wildman–Crippen LogP) is 2.67. The first-order chi connectivity index (χ1) is 9.81. The highest BCUT2D eigenvalue weighted by atomic mass is 79.9. The van der Waals surface area contributed by atoms with Crippen LogP contribution in [0.1, 0.15) is 24.2 Å². The Kier molecular flexibility index (Phi) is 6.26. The van der Waals surface area contributed by atoms with E-state index in [1.165, 1.54) is 11.9 Å². The monoisotopic (exact) mass is 362 g/mol. The Morgan fingerprint density at radius 3 is 2.05 bits per heavy atom. The molecule has 0 aromatic heterocycles. The summed E-state index contributed by atoms with van der Waals surface area (Å²) in [6.07, 6.45) is 0. The molecule has 0 aliphatic carbocycles. The molecule has 21 heavy (non-hydrogen) atoms. The van der Waals surface area contributed by atoms with Crippen LogP contribution in [-0.2, 0) is 4.79 Å². The lowest BCUT2D eigenvalue weighted by molar-refractivity contribution is -0.131. The highest BCUT2D eigenvalue weighted by Gasteiger charge is 2.24. The zero-order valence-electron chi connectivity index (χ0n) is 12.1. The van der Waals surface area contributed by atoms with Crippen molar-refractivity contribution in [2.24, 2.45) is 0 Å². The largest absolute Gasteiger partial charge is 0.342 e. The highest BCUT2D eigenvalue weighted by molar-refractivity contribution is 9.10. The Morgan fingerprint density at radius 1 is 1.14 bits per heavy atom. The van der Waals surface area contributed by atoms with Crippen LogP contribution in [0, 0.1) is 11.6 Å². The van der Waals surface area contributed by atoms with Crippen molar-refractivity contribution >= 4 is 27.7 Å². The van der Waals surface area contributed by atoms with E-state index in [0.717, 1.165) is 17.0 Å². The van der Waals surface area contributed by atoms with Crippen molar-refractivity contribution in [3.05, 3.63) is 33.8 Å². The summed E-state index contributed by atoms with van der Waals surface area (Å²) in [6, 6.07) is 2.02. The maximum atomic E-state index is 13.7. The van der Waals surface area contributed by atoms with E-state index in [-0.39, 0.29) is 16.9 Å². The van der Waals surface area contributed by atoms with Gasteiger partial charge >= 0.3 is 0 Å². The molecule has 0 bridgehead atoms. The van der Waals surface area contributed by atoms with E-state index >= 15 is 0 Å². The number of rotatable bonds is 5. The lowest BCUT2D eigenvalue weighted by atomic mass is 10.1. The highest BCUT2D eigenvalue weighted by Crippen LogP contribution is 2.20. The molecular weight excluding hydrogens is 346 g/mol. The minimum atomic E-state index is -0.964. The number of carbonyl (C=O) groups excluding carboxylic acids is 2. The second kappa shape index (κ2) is 7.49. The molecule has 0 atom stereocenters. The topological polar surface area (TPSA) is 40.6 Å². The predicted molar refractivity (Wildman–Crippen MR) is 78.9 cm³/mol. The van der Waals surface area contributed by atoms with Crippen LogP contribution in [0.3, 0.4) is 0 Å². The van der Waals surface area contributed by atoms with Gasteiger partial charge in [0.15, 0.2) is 0 Å². The molecule has 0 saturated heterocycles. The van der Waals surface area contributed by atoms with Gasteiger partial charge in [-0.25, -0.2) is 8.78 Å². The molecule has 0 N–H and O–H groups in total. The molecule has 0 radical (unpaired) electrons. The fraction of sp³-hybridized carbons (Fsp3) is 0.429. The fourth-order valence-corrected chi connectivity index (χ4v) is 2.29. The average Bonchev–Trinajstić information content (AvgIpc) is 2.38. The molecule has 1 aromatic rings. The Hall–Kier alpha value is -1.50. The molecular formula is C14H17BrF2N2O2. The zero-order chi connectivity index (χ0) is 16.2. The number of hydrogen-bond acceptors (Lipinski definition) is 2. The fourth-order valence-electron chi connectivity index (χ4n) is 1.89. The van der Waals surface area contributed by atoms with Gasteiger partial charge in [0.1, 0.15) is 17.2 Å². The van der Waals surface area contributed by atoms with E-state index in [2.05, 4.69) is 15.9 Å². The van der Waals surface area contributed by atoms with Gasteiger partial charge in [0.05, 0.1) is 6.54 Å². The number of hydrogen-bond donors (Lipinski definition) is 0. The SMILES string of the molecule is CCN(CC)C(=O)CN(C)C(=O)c1c(F)cc(Br)cc1F. The van der Waals surface area contributed by atoms with Gasteiger partial charge in [0, 0.05) is 24.6 Å². The smallest absolute Gasteiger partial charge is 0.260 e. The maximum Gasteiger partial charge on any atom is 0.260 e. The third-order valence-electron chi connectivity index (χ3n) is 3.06. The zero-order valence-corrected chi connectivity index (χ0v) is 13.7. The van der Waals surface area contributed by atoms with Crippen molar-refractivity contribution in [3.8, 4) is 0 Å². The van der Waals surface area contributed by atoms with Crippen LogP contribution in [0.2, 0.25) is 0 Å². The minimum absolute atomic E-state index is 0.205. The molecule has 7 heteroatoms. The number of amides is 2. The Morgan fingerprint density at radius 2 is 1.62 bits per heavy atom. The second-order valence-corrected chi connectivity index (χ2v) is 5.39. The molecule has 0 aliphatic heterocycles. The van der Waals surface area contributed by atoms with E-state index in [0.29, 0.717) is 13.1 Å². The molecule has 0 fully saturated rings. The molecule has 0 spiro atoms. The summed E-state index contributed by atoms with van der Waals surface area (Å²) in [4.78, 5) is 26.6. The Balaban J connectivity index is 2.91. The van der Waals surface area contributed by atoms with E-state index in [1.807, 2.05) is 13.8 Å². The number of carbonyl (C=O) groups is 2. The van der Waals surface area contributed by atoms with Crippen LogP contribution >= 0.6 is 15.9 Å². The van der Waals surface area contributed by atoms with Gasteiger partial charge in [0.25, 0.3) is 5.91 Å². The van der Waals surface area contributed by atoms with Gasteiger partial charge in [-0.15, -0.1) is 0 Å². The number of halogens is 3. The van der Waals surface area contributed by atoms with E-state index in [1.54, 1.807) is 0 Å². The van der Waals surface area contributed by atoms with E-state index in [4.69, 9.17) is 0 Å². The lowest BCUT2D eigenvalue weighted by Gasteiger charge is -2.23. The van der Waals surface area contributed by atoms with Crippen molar-refractivity contribution in [1.82, 2.24) is 9.80 Å². The van der Waals surface area contributed by atoms with E-state index in [9.17, 15) is 18.4 Å². The standard InChI is InChI=1S/C14H17BrF2N2O2/c1-4-19(5-2)12(20)8-18(3)14(21)13-10(16)6-9(15)7-11(13)17/h6-7H,4-5,8H2,1-3H3. The van der Waals surface area contributed by atoms with Crippen LogP contribution in [0.25, 0.3) is 0 Å². The maximum absolute atomic E-state index is 13.7. The van der Waals surface area contributed by atoms with Gasteiger partial charge < -0.3 is 9.80 Å². The summed E-state index contributed by atoms with van der Waals surface area (Å²) in [5.41, 5.74) is -0.659. The van der Waals surface area contributed by atoms with Crippen molar-refractivity contribution in [3.63, 3.8) is 0 Å². The summed E-state index contributed by atoms with van der Waals surface area (Å²) >= 11 is 2.95. The number of likely N-dealkylation sites (N-methyl/N-ethyl adjacent to an activating group) is 2. The summed E-state index contributed by atoms with van der Waals surface area (Å²) in [5, 5.41) is 0. The summed E-state index contributed by atoms with van der Waals surface area (Å²) in [7, 11) is 1.34. The van der Waals surface area contributed by atoms with Crippen molar-refractivity contribution < 1.29 is 18.4 Å². The van der Waals surface area contributed by atoms with Gasteiger partial charge in [-0.05, 0) is 26.0 Å². The normalized spacial score (nSPS) is 10.4. The summed E-state index contributed by atoms with van der Waals surface area (Å²) in [6.45, 7) is 4.43. The lowest BCUT2D eigenvalue weighted by Crippen LogP contribution is -2.41. The molecule has 1 aromatic carbocycles. The van der Waals surface area contributed by atoms with Crippen LogP contribution < -0.4 is 0 Å². The summed E-state index contributed by atoms with van der Waals surface area (Å²) < 4.78 is 27.7. The van der Waals surface area contributed by atoms with Crippen LogP contribution in [-0.4, -0.2) is 48.3 Å². The molecule has 1 rings (SSSR count). The third kappa shape index (κ3) is 4.23. The summed E-state index contributed by atoms with van der Waals surface area (Å²) in [5.74, 6) is -3.06. The second-order valence-electron chi connectivity index (χ2n) is 4.47. The van der Waals surface area contributed by atoms with Crippen molar-refractivity contribution in [2.75, 3.05) is 26.7 Å². The first kappa shape index (κ1) is 17.6. The first-order valence-corrected chi connectivity index (χ1v) is 7.28. The van der Waals surface area contributed by atoms with Gasteiger partial charge in [0.2, 0.25) is 5.91 Å². The van der Waals surface area contributed by atoms with E-state index < -0.39 is 23.1 Å². The van der Waals surface area contributed by atoms with Crippen LogP contribution in [0.15, 0.2) is 16.6 Å². The van der Waals surface area contributed by atoms with Crippen LogP contribution in [0.5, 0.6) is 0 Å². The third-order valence-corrected chi connectivity index (χ3v) is 3.51. The Bertz CT molecular complexity index is 525. The molecule has 0 unspecified atom stereocenters. The quantitative estimate of drug-likeness (QED) is 0.807. The molecule has 4 nitrogen and oxygen atoms in total.